The fourth-order valence-electron chi connectivity index (χ4n) is 6.73. The zero-order chi connectivity index (χ0) is 26.5. The van der Waals surface area contributed by atoms with Crippen LogP contribution >= 0.6 is 0 Å². The van der Waals surface area contributed by atoms with Gasteiger partial charge < -0.3 is 21.1 Å². The predicted octanol–water partition coefficient (Wildman–Crippen LogP) is 3.31. The van der Waals surface area contributed by atoms with E-state index in [0.717, 1.165) is 44.5 Å². The topological polar surface area (TPSA) is 128 Å². The molecule has 1 heterocycles. The highest BCUT2D eigenvalue weighted by atomic mass is 19.4. The normalized spacial score (nSPS) is 29.4. The summed E-state index contributed by atoms with van der Waals surface area (Å²) in [5.41, 5.74) is 2.33. The first-order valence-corrected chi connectivity index (χ1v) is 12.0. The number of nitrogens with zero attached hydrogens (tertiary/aromatic N) is 2. The Labute approximate surface area is 207 Å². The number of carbonyl (C=O) groups excluding carboxylic acids is 3. The molecule has 12 heteroatoms. The number of amides is 3. The largest absolute Gasteiger partial charge is 0.449 e. The van der Waals surface area contributed by atoms with Gasteiger partial charge in [-0.1, -0.05) is 0 Å². The van der Waals surface area contributed by atoms with Crippen molar-refractivity contribution < 1.29 is 32.3 Å². The Hall–Kier alpha value is -3.05. The van der Waals surface area contributed by atoms with Gasteiger partial charge in [0.15, 0.2) is 5.69 Å². The fraction of sp³-hybridized carbons (Fsp3) is 0.667. The molecule has 5 rings (SSSR count). The Kier molecular flexibility index (Phi) is 6.59. The smallest absolute Gasteiger partial charge is 0.434 e. The molecule has 9 nitrogen and oxygen atoms in total. The van der Waals surface area contributed by atoms with E-state index in [4.69, 9.17) is 10.5 Å². The standard InChI is InChI=1S/C24H32F3N5O4/c1-13(33)31-22(2,3)4-5-32-19(24(25,26)27)17(11-29-32)20(34)30-18-15-6-14-7-16(18)10-23(8-14,9-15)12-36-21(28)35/h4-5,11,14-16,18H,6-10,12H2,1-3H3,(H2,28,35)(H,30,34)(H,31,33)/b5-4+/t14?,15?,16?,18-,23-. The number of alkyl halides is 3. The molecule has 4 aliphatic rings. The Balaban J connectivity index is 1.53. The second-order valence-electron chi connectivity index (χ2n) is 11.1. The number of aromatic nitrogens is 2. The summed E-state index contributed by atoms with van der Waals surface area (Å²) in [6.45, 7) is 4.80. The van der Waals surface area contributed by atoms with Crippen molar-refractivity contribution in [2.45, 2.75) is 70.6 Å². The van der Waals surface area contributed by atoms with Crippen LogP contribution in [0.5, 0.6) is 0 Å². The van der Waals surface area contributed by atoms with Crippen molar-refractivity contribution in [1.82, 2.24) is 20.4 Å². The van der Waals surface area contributed by atoms with Crippen LogP contribution < -0.4 is 16.4 Å². The number of carbonyl (C=O) groups is 3. The number of ether oxygens (including phenoxy) is 1. The van der Waals surface area contributed by atoms with Crippen molar-refractivity contribution in [2.75, 3.05) is 6.61 Å². The van der Waals surface area contributed by atoms with Crippen LogP contribution in [0.15, 0.2) is 12.3 Å². The lowest BCUT2D eigenvalue weighted by Crippen LogP contribution is -2.60. The van der Waals surface area contributed by atoms with Crippen LogP contribution in [-0.4, -0.2) is 45.9 Å². The van der Waals surface area contributed by atoms with Gasteiger partial charge in [-0.3, -0.25) is 9.59 Å². The molecule has 198 valence electrons. The maximum atomic E-state index is 14.0. The summed E-state index contributed by atoms with van der Waals surface area (Å²) < 4.78 is 47.7. The maximum absolute atomic E-state index is 14.0. The van der Waals surface area contributed by atoms with E-state index < -0.39 is 35.0 Å². The molecule has 0 spiro atoms. The third-order valence-corrected chi connectivity index (χ3v) is 7.66. The van der Waals surface area contributed by atoms with Crippen LogP contribution in [0.1, 0.15) is 68.9 Å². The number of halogens is 3. The van der Waals surface area contributed by atoms with Gasteiger partial charge in [0.1, 0.15) is 0 Å². The molecule has 3 amide bonds. The van der Waals surface area contributed by atoms with Crippen LogP contribution in [0.25, 0.3) is 6.20 Å². The van der Waals surface area contributed by atoms with Gasteiger partial charge in [-0.25, -0.2) is 9.48 Å². The first kappa shape index (κ1) is 26.0. The van der Waals surface area contributed by atoms with Crippen LogP contribution in [0.2, 0.25) is 0 Å². The molecule has 2 atom stereocenters. The van der Waals surface area contributed by atoms with Gasteiger partial charge in [0, 0.05) is 24.6 Å². The molecule has 36 heavy (non-hydrogen) atoms. The lowest BCUT2D eigenvalue weighted by molar-refractivity contribution is -0.143. The van der Waals surface area contributed by atoms with Crippen molar-refractivity contribution in [1.29, 1.82) is 0 Å². The third-order valence-electron chi connectivity index (χ3n) is 7.66. The van der Waals surface area contributed by atoms with E-state index in [9.17, 15) is 27.6 Å². The average Bonchev–Trinajstić information content (AvgIpc) is 3.17. The molecule has 1 aromatic heterocycles. The van der Waals surface area contributed by atoms with Gasteiger partial charge in [-0.2, -0.15) is 18.3 Å². The number of nitrogens with two attached hydrogens (primary N) is 1. The Morgan fingerprint density at radius 2 is 1.86 bits per heavy atom. The Morgan fingerprint density at radius 3 is 2.42 bits per heavy atom. The summed E-state index contributed by atoms with van der Waals surface area (Å²) in [6, 6.07) is -0.255. The van der Waals surface area contributed by atoms with Crippen LogP contribution in [-0.2, 0) is 15.7 Å². The highest BCUT2D eigenvalue weighted by Gasteiger charge is 2.56. The zero-order valence-corrected chi connectivity index (χ0v) is 20.5. The molecular formula is C24H32F3N5O4. The van der Waals surface area contributed by atoms with Crippen molar-refractivity contribution in [3.8, 4) is 0 Å². The average molecular weight is 512 g/mol. The van der Waals surface area contributed by atoms with Crippen LogP contribution in [0.4, 0.5) is 18.0 Å². The minimum atomic E-state index is -4.83. The van der Waals surface area contributed by atoms with E-state index in [1.807, 2.05) is 0 Å². The molecular weight excluding hydrogens is 479 g/mol. The van der Waals surface area contributed by atoms with E-state index in [1.54, 1.807) is 13.8 Å². The molecule has 4 saturated carbocycles. The number of hydrogen-bond acceptors (Lipinski definition) is 5. The number of rotatable bonds is 7. The molecule has 1 aromatic rings. The first-order chi connectivity index (χ1) is 16.7. The number of nitrogens with one attached hydrogen (secondary N) is 2. The van der Waals surface area contributed by atoms with Gasteiger partial charge in [0.2, 0.25) is 5.91 Å². The summed E-state index contributed by atoms with van der Waals surface area (Å²) in [5.74, 6) is -0.514. The van der Waals surface area contributed by atoms with Gasteiger partial charge >= 0.3 is 12.3 Å². The van der Waals surface area contributed by atoms with Crippen molar-refractivity contribution in [2.24, 2.45) is 28.9 Å². The second kappa shape index (κ2) is 9.11. The van der Waals surface area contributed by atoms with E-state index in [2.05, 4.69) is 15.7 Å². The lowest BCUT2D eigenvalue weighted by Gasteiger charge is -2.59. The lowest BCUT2D eigenvalue weighted by atomic mass is 9.48. The molecule has 4 N–H and O–H groups in total. The van der Waals surface area contributed by atoms with E-state index >= 15 is 0 Å². The van der Waals surface area contributed by atoms with Gasteiger partial charge in [-0.15, -0.1) is 0 Å². The molecule has 0 saturated heterocycles. The molecule has 0 radical (unpaired) electrons. The highest BCUT2D eigenvalue weighted by molar-refractivity contribution is 5.95. The third kappa shape index (κ3) is 5.36. The first-order valence-electron chi connectivity index (χ1n) is 12.0. The highest BCUT2D eigenvalue weighted by Crippen LogP contribution is 2.60. The van der Waals surface area contributed by atoms with Gasteiger partial charge in [0.05, 0.1) is 23.9 Å². The minimum absolute atomic E-state index is 0.0967. The summed E-state index contributed by atoms with van der Waals surface area (Å²) in [7, 11) is 0. The molecule has 4 aliphatic carbocycles. The predicted molar refractivity (Wildman–Crippen MR) is 123 cm³/mol. The van der Waals surface area contributed by atoms with Crippen molar-refractivity contribution in [3.63, 3.8) is 0 Å². The van der Waals surface area contributed by atoms with E-state index in [0.29, 0.717) is 10.6 Å². The number of hydrogen-bond donors (Lipinski definition) is 3. The summed E-state index contributed by atoms with van der Waals surface area (Å²) in [4.78, 5) is 35.6. The quantitative estimate of drug-likeness (QED) is 0.518. The van der Waals surface area contributed by atoms with Crippen LogP contribution in [0.3, 0.4) is 0 Å². The SMILES string of the molecule is CC(=O)NC(C)(C)/C=C/n1ncc(C(=O)N[C@H]2C3CC4CC2C[C@](COC(N)=O)(C4)C3)c1C(F)(F)F. The molecule has 2 unspecified atom stereocenters. The Bertz CT molecular complexity index is 1060. The molecule has 0 aliphatic heterocycles. The summed E-state index contributed by atoms with van der Waals surface area (Å²) >= 11 is 0. The minimum Gasteiger partial charge on any atom is -0.449 e. The van der Waals surface area contributed by atoms with Crippen LogP contribution in [0, 0.1) is 23.2 Å². The zero-order valence-electron chi connectivity index (χ0n) is 20.5. The summed E-state index contributed by atoms with van der Waals surface area (Å²) in [6.07, 6.45) is 1.90. The maximum Gasteiger partial charge on any atom is 0.434 e. The molecule has 4 bridgehead atoms. The number of primary amides is 1. The monoisotopic (exact) mass is 511 g/mol. The van der Waals surface area contributed by atoms with Crippen molar-refractivity contribution in [3.05, 3.63) is 23.5 Å². The molecule has 0 aromatic carbocycles. The Morgan fingerprint density at radius 1 is 1.22 bits per heavy atom. The van der Waals surface area contributed by atoms with Gasteiger partial charge in [-0.05, 0) is 69.8 Å². The summed E-state index contributed by atoms with van der Waals surface area (Å²) in [5, 5.41) is 9.29. The van der Waals surface area contributed by atoms with E-state index in [-0.39, 0.29) is 35.8 Å². The van der Waals surface area contributed by atoms with Crippen molar-refractivity contribution >= 4 is 24.1 Å². The van der Waals surface area contributed by atoms with E-state index in [1.165, 1.54) is 13.0 Å². The molecule has 4 fully saturated rings. The fourth-order valence-corrected chi connectivity index (χ4v) is 6.73. The second-order valence-corrected chi connectivity index (χ2v) is 11.1. The van der Waals surface area contributed by atoms with Gasteiger partial charge in [0.25, 0.3) is 5.91 Å².